The molecule has 3 heterocycles. The van der Waals surface area contributed by atoms with E-state index >= 15 is 0 Å². The molecule has 1 aliphatic carbocycles. The molecule has 4 rings (SSSR count). The van der Waals surface area contributed by atoms with Crippen LogP contribution >= 0.6 is 0 Å². The first kappa shape index (κ1) is 14.7. The minimum atomic E-state index is 0.219. The summed E-state index contributed by atoms with van der Waals surface area (Å²) in [5, 5.41) is 0. The van der Waals surface area contributed by atoms with Crippen LogP contribution in [-0.4, -0.2) is 66.0 Å². The van der Waals surface area contributed by atoms with Crippen LogP contribution in [0.25, 0.3) is 0 Å². The van der Waals surface area contributed by atoms with E-state index in [2.05, 4.69) is 33.0 Å². The van der Waals surface area contributed by atoms with Crippen LogP contribution in [0.5, 0.6) is 0 Å². The first-order chi connectivity index (χ1) is 11.3. The van der Waals surface area contributed by atoms with Crippen LogP contribution in [-0.2, 0) is 4.79 Å². The lowest BCUT2D eigenvalue weighted by Gasteiger charge is -2.48. The molecule has 3 aliphatic rings. The molecule has 5 nitrogen and oxygen atoms in total. The van der Waals surface area contributed by atoms with Gasteiger partial charge in [0.2, 0.25) is 5.91 Å². The smallest absolute Gasteiger partial charge is 0.226 e. The number of hydrogen-bond donors (Lipinski definition) is 0. The Bertz CT molecular complexity index is 566. The molecule has 0 aromatic carbocycles. The fraction of sp³-hybridized carbons (Fsp3) is 0.556. The SMILES string of the molecule is O=C(C1CC=CC1)N1CC(N2CCN(c3ccccn3)CC2)C1. The summed E-state index contributed by atoms with van der Waals surface area (Å²) in [5.41, 5.74) is 0. The zero-order chi connectivity index (χ0) is 15.6. The number of carbonyl (C=O) groups is 1. The van der Waals surface area contributed by atoms with Crippen molar-refractivity contribution in [2.45, 2.75) is 18.9 Å². The van der Waals surface area contributed by atoms with Gasteiger partial charge in [0.15, 0.2) is 0 Å². The zero-order valence-corrected chi connectivity index (χ0v) is 13.5. The van der Waals surface area contributed by atoms with E-state index in [-0.39, 0.29) is 5.92 Å². The number of rotatable bonds is 3. The number of anilines is 1. The van der Waals surface area contributed by atoms with Crippen molar-refractivity contribution in [1.82, 2.24) is 14.8 Å². The highest BCUT2D eigenvalue weighted by Gasteiger charge is 2.38. The maximum Gasteiger partial charge on any atom is 0.226 e. The molecule has 23 heavy (non-hydrogen) atoms. The molecule has 0 atom stereocenters. The quantitative estimate of drug-likeness (QED) is 0.791. The second-order valence-corrected chi connectivity index (χ2v) is 6.75. The molecule has 2 fully saturated rings. The molecule has 0 spiro atoms. The number of likely N-dealkylation sites (tertiary alicyclic amines) is 1. The van der Waals surface area contributed by atoms with Crippen LogP contribution in [0.15, 0.2) is 36.5 Å². The second kappa shape index (κ2) is 6.32. The Morgan fingerprint density at radius 2 is 1.78 bits per heavy atom. The van der Waals surface area contributed by atoms with Crippen LogP contribution in [0.3, 0.4) is 0 Å². The molecule has 0 N–H and O–H groups in total. The van der Waals surface area contributed by atoms with Gasteiger partial charge in [-0.3, -0.25) is 9.69 Å². The summed E-state index contributed by atoms with van der Waals surface area (Å²) in [6, 6.07) is 6.63. The first-order valence-corrected chi connectivity index (χ1v) is 8.65. The summed E-state index contributed by atoms with van der Waals surface area (Å²) in [6.07, 6.45) is 7.99. The Morgan fingerprint density at radius 1 is 1.04 bits per heavy atom. The summed E-state index contributed by atoms with van der Waals surface area (Å²) in [6.45, 7) is 6.00. The van der Waals surface area contributed by atoms with Gasteiger partial charge in [0.05, 0.1) is 0 Å². The van der Waals surface area contributed by atoms with Crippen LogP contribution in [0.4, 0.5) is 5.82 Å². The molecule has 0 radical (unpaired) electrons. The largest absolute Gasteiger partial charge is 0.354 e. The highest BCUT2D eigenvalue weighted by molar-refractivity contribution is 5.80. The first-order valence-electron chi connectivity index (χ1n) is 8.65. The van der Waals surface area contributed by atoms with Gasteiger partial charge < -0.3 is 9.80 Å². The molecule has 2 saturated heterocycles. The molecular formula is C18H24N4O. The van der Waals surface area contributed by atoms with Gasteiger partial charge in [-0.05, 0) is 25.0 Å². The maximum absolute atomic E-state index is 12.3. The predicted molar refractivity (Wildman–Crippen MR) is 90.3 cm³/mol. The van der Waals surface area contributed by atoms with Crippen molar-refractivity contribution in [2.75, 3.05) is 44.2 Å². The molecule has 2 aliphatic heterocycles. The molecule has 1 aromatic heterocycles. The van der Waals surface area contributed by atoms with Gasteiger partial charge in [-0.25, -0.2) is 4.98 Å². The maximum atomic E-state index is 12.3. The highest BCUT2D eigenvalue weighted by atomic mass is 16.2. The summed E-state index contributed by atoms with van der Waals surface area (Å²) in [7, 11) is 0. The molecule has 0 unspecified atom stereocenters. The van der Waals surface area contributed by atoms with E-state index in [1.54, 1.807) is 0 Å². The van der Waals surface area contributed by atoms with E-state index in [1.807, 2.05) is 23.2 Å². The Morgan fingerprint density at radius 3 is 2.43 bits per heavy atom. The number of piperazine rings is 1. The zero-order valence-electron chi connectivity index (χ0n) is 13.5. The summed E-state index contributed by atoms with van der Waals surface area (Å²) in [4.78, 5) is 23.7. The Balaban J connectivity index is 1.24. The number of aromatic nitrogens is 1. The molecule has 0 saturated carbocycles. The van der Waals surface area contributed by atoms with Gasteiger partial charge in [-0.1, -0.05) is 18.2 Å². The van der Waals surface area contributed by atoms with Gasteiger partial charge >= 0.3 is 0 Å². The van der Waals surface area contributed by atoms with Crippen molar-refractivity contribution in [3.63, 3.8) is 0 Å². The molecule has 1 amide bonds. The normalized spacial score (nSPS) is 23.3. The highest BCUT2D eigenvalue weighted by Crippen LogP contribution is 2.25. The third-order valence-electron chi connectivity index (χ3n) is 5.33. The fourth-order valence-electron chi connectivity index (χ4n) is 3.80. The minimum Gasteiger partial charge on any atom is -0.354 e. The van der Waals surface area contributed by atoms with Gasteiger partial charge in [-0.2, -0.15) is 0 Å². The van der Waals surface area contributed by atoms with Gasteiger partial charge in [0.1, 0.15) is 5.82 Å². The molecule has 122 valence electrons. The minimum absolute atomic E-state index is 0.219. The Kier molecular flexibility index (Phi) is 4.04. The van der Waals surface area contributed by atoms with Crippen LogP contribution < -0.4 is 4.90 Å². The van der Waals surface area contributed by atoms with Gasteiger partial charge in [0, 0.05) is 57.4 Å². The summed E-state index contributed by atoms with van der Waals surface area (Å²) < 4.78 is 0. The lowest BCUT2D eigenvalue weighted by molar-refractivity contribution is -0.142. The predicted octanol–water partition coefficient (Wildman–Crippen LogP) is 1.38. The summed E-state index contributed by atoms with van der Waals surface area (Å²) >= 11 is 0. The molecule has 1 aromatic rings. The van der Waals surface area contributed by atoms with E-state index in [4.69, 9.17) is 0 Å². The van der Waals surface area contributed by atoms with Gasteiger partial charge in [0.25, 0.3) is 0 Å². The van der Waals surface area contributed by atoms with Crippen molar-refractivity contribution in [1.29, 1.82) is 0 Å². The topological polar surface area (TPSA) is 39.7 Å². The lowest BCUT2D eigenvalue weighted by Crippen LogP contribution is -2.64. The summed E-state index contributed by atoms with van der Waals surface area (Å²) in [5.74, 6) is 1.65. The van der Waals surface area contributed by atoms with E-state index < -0.39 is 0 Å². The number of amides is 1. The lowest BCUT2D eigenvalue weighted by atomic mass is 10.00. The average Bonchev–Trinajstić information content (AvgIpc) is 3.09. The van der Waals surface area contributed by atoms with E-state index in [0.717, 1.165) is 57.9 Å². The van der Waals surface area contributed by atoms with Crippen LogP contribution in [0, 0.1) is 5.92 Å². The Labute approximate surface area is 137 Å². The van der Waals surface area contributed by atoms with Crippen molar-refractivity contribution >= 4 is 11.7 Å². The van der Waals surface area contributed by atoms with Crippen LogP contribution in [0.2, 0.25) is 0 Å². The van der Waals surface area contributed by atoms with Crippen molar-refractivity contribution in [3.05, 3.63) is 36.5 Å². The Hall–Kier alpha value is -1.88. The average molecular weight is 312 g/mol. The van der Waals surface area contributed by atoms with E-state index in [9.17, 15) is 4.79 Å². The van der Waals surface area contributed by atoms with Crippen LogP contribution in [0.1, 0.15) is 12.8 Å². The number of hydrogen-bond acceptors (Lipinski definition) is 4. The van der Waals surface area contributed by atoms with E-state index in [0.29, 0.717) is 11.9 Å². The van der Waals surface area contributed by atoms with E-state index in [1.165, 1.54) is 0 Å². The second-order valence-electron chi connectivity index (χ2n) is 6.75. The molecular weight excluding hydrogens is 288 g/mol. The van der Waals surface area contributed by atoms with Crippen molar-refractivity contribution in [3.8, 4) is 0 Å². The molecule has 5 heteroatoms. The number of pyridine rings is 1. The van der Waals surface area contributed by atoms with Crippen molar-refractivity contribution < 1.29 is 4.79 Å². The fourth-order valence-corrected chi connectivity index (χ4v) is 3.80. The van der Waals surface area contributed by atoms with Crippen molar-refractivity contribution in [2.24, 2.45) is 5.92 Å². The standard InChI is InChI=1S/C18H24N4O/c23-18(15-5-1-2-6-15)22-13-16(14-22)20-9-11-21(12-10-20)17-7-3-4-8-19-17/h1-4,7-8,15-16H,5-6,9-14H2. The monoisotopic (exact) mass is 312 g/mol. The molecule has 0 bridgehead atoms. The number of carbonyl (C=O) groups excluding carboxylic acids is 1. The van der Waals surface area contributed by atoms with Gasteiger partial charge in [-0.15, -0.1) is 0 Å². The number of allylic oxidation sites excluding steroid dienone is 2. The number of nitrogens with zero attached hydrogens (tertiary/aromatic N) is 4. The third kappa shape index (κ3) is 2.98. The third-order valence-corrected chi connectivity index (χ3v) is 5.33.